The minimum atomic E-state index is -0.892. The van der Waals surface area contributed by atoms with E-state index < -0.39 is 15.9 Å². The first-order chi connectivity index (χ1) is 6.02. The molecule has 0 spiro atoms. The molecule has 1 rings (SSSR count). The molecule has 0 N–H and O–H groups in total. The van der Waals surface area contributed by atoms with Crippen LogP contribution >= 0.6 is 43.5 Å². The monoisotopic (exact) mass is 328 g/mol. The summed E-state index contributed by atoms with van der Waals surface area (Å²) < 4.78 is 12.8. The zero-order chi connectivity index (χ0) is 10.0. The highest BCUT2D eigenvalue weighted by Crippen LogP contribution is 2.20. The molecule has 1 aromatic carbocycles. The fourth-order valence-electron chi connectivity index (χ4n) is 0.804. The van der Waals surface area contributed by atoms with Crippen LogP contribution in [0.25, 0.3) is 0 Å². The van der Waals surface area contributed by atoms with Crippen LogP contribution in [0.15, 0.2) is 22.7 Å². The molecule has 0 aliphatic carbocycles. The van der Waals surface area contributed by atoms with Crippen LogP contribution < -0.4 is 0 Å². The van der Waals surface area contributed by atoms with Crippen molar-refractivity contribution in [2.45, 2.75) is 4.29 Å². The second kappa shape index (κ2) is 4.53. The first kappa shape index (κ1) is 11.1. The first-order valence-corrected chi connectivity index (χ1v) is 5.44. The van der Waals surface area contributed by atoms with E-state index >= 15 is 0 Å². The average molecular weight is 330 g/mol. The Bertz CT molecular complexity index is 341. The van der Waals surface area contributed by atoms with Gasteiger partial charge in [-0.25, -0.2) is 4.39 Å². The van der Waals surface area contributed by atoms with Gasteiger partial charge in [0.1, 0.15) is 5.82 Å². The number of halogens is 4. The van der Waals surface area contributed by atoms with Gasteiger partial charge in [0.2, 0.25) is 0 Å². The van der Waals surface area contributed by atoms with Crippen molar-refractivity contribution >= 4 is 49.2 Å². The van der Waals surface area contributed by atoms with Gasteiger partial charge in [-0.15, -0.1) is 11.6 Å². The Hall–Kier alpha value is 0.0700. The molecule has 0 aliphatic rings. The summed E-state index contributed by atoms with van der Waals surface area (Å²) in [5, 5.41) is 0. The van der Waals surface area contributed by atoms with E-state index in [0.717, 1.165) is 0 Å². The molecule has 1 aromatic rings. The number of benzene rings is 1. The van der Waals surface area contributed by atoms with Crippen LogP contribution in [0.4, 0.5) is 4.39 Å². The van der Waals surface area contributed by atoms with Crippen molar-refractivity contribution < 1.29 is 9.18 Å². The van der Waals surface area contributed by atoms with Crippen LogP contribution in [0, 0.1) is 5.82 Å². The molecule has 13 heavy (non-hydrogen) atoms. The predicted octanol–water partition coefficient (Wildman–Crippen LogP) is 3.73. The Kier molecular flexibility index (Phi) is 3.88. The largest absolute Gasteiger partial charge is 0.291 e. The zero-order valence-electron chi connectivity index (χ0n) is 6.23. The Morgan fingerprint density at radius 3 is 2.69 bits per heavy atom. The molecule has 1 atom stereocenters. The standard InChI is InChI=1S/C8H4Br2ClFO/c9-4-1-2-6(12)5(3-4)7(13)8(10)11/h1-3,8H. The van der Waals surface area contributed by atoms with Gasteiger partial charge in [0.15, 0.2) is 10.1 Å². The summed E-state index contributed by atoms with van der Waals surface area (Å²) in [5.41, 5.74) is -0.0220. The Morgan fingerprint density at radius 1 is 1.54 bits per heavy atom. The fraction of sp³-hybridized carbons (Fsp3) is 0.125. The lowest BCUT2D eigenvalue weighted by atomic mass is 10.1. The number of carbonyl (C=O) groups is 1. The van der Waals surface area contributed by atoms with E-state index in [0.29, 0.717) is 4.47 Å². The summed E-state index contributed by atoms with van der Waals surface area (Å²) in [6.07, 6.45) is 0. The van der Waals surface area contributed by atoms with Crippen LogP contribution in [-0.2, 0) is 0 Å². The Morgan fingerprint density at radius 2 is 2.15 bits per heavy atom. The topological polar surface area (TPSA) is 17.1 Å². The minimum Gasteiger partial charge on any atom is -0.291 e. The maximum atomic E-state index is 13.1. The molecule has 0 saturated carbocycles. The van der Waals surface area contributed by atoms with Gasteiger partial charge >= 0.3 is 0 Å². The van der Waals surface area contributed by atoms with Gasteiger partial charge in [0.25, 0.3) is 0 Å². The molecule has 0 bridgehead atoms. The molecule has 1 unspecified atom stereocenters. The van der Waals surface area contributed by atoms with E-state index in [9.17, 15) is 9.18 Å². The summed E-state index contributed by atoms with van der Waals surface area (Å²) in [7, 11) is 0. The molecular weight excluding hydrogens is 326 g/mol. The number of hydrogen-bond acceptors (Lipinski definition) is 1. The average Bonchev–Trinajstić information content (AvgIpc) is 2.08. The van der Waals surface area contributed by atoms with Crippen LogP contribution in [0.2, 0.25) is 0 Å². The van der Waals surface area contributed by atoms with Crippen LogP contribution in [0.1, 0.15) is 10.4 Å². The third kappa shape index (κ3) is 2.76. The number of hydrogen-bond donors (Lipinski definition) is 0. The number of alkyl halides is 2. The van der Waals surface area contributed by atoms with E-state index in [1.54, 1.807) is 0 Å². The van der Waals surface area contributed by atoms with Crippen molar-refractivity contribution in [1.29, 1.82) is 0 Å². The van der Waals surface area contributed by atoms with E-state index in [1.807, 2.05) is 0 Å². The number of rotatable bonds is 2. The van der Waals surface area contributed by atoms with Crippen molar-refractivity contribution in [2.75, 3.05) is 0 Å². The number of ketones is 1. The molecule has 0 aliphatic heterocycles. The van der Waals surface area contributed by atoms with Crippen molar-refractivity contribution in [2.24, 2.45) is 0 Å². The maximum absolute atomic E-state index is 13.1. The predicted molar refractivity (Wildman–Crippen MR) is 57.0 cm³/mol. The highest BCUT2D eigenvalue weighted by molar-refractivity contribution is 9.10. The fourth-order valence-corrected chi connectivity index (χ4v) is 1.53. The summed E-state index contributed by atoms with van der Waals surface area (Å²) >= 11 is 11.5. The van der Waals surface area contributed by atoms with Crippen LogP contribution in [0.5, 0.6) is 0 Å². The molecule has 0 saturated heterocycles. The van der Waals surface area contributed by atoms with Crippen molar-refractivity contribution in [3.8, 4) is 0 Å². The molecule has 1 nitrogen and oxygen atoms in total. The Balaban J connectivity index is 3.13. The van der Waals surface area contributed by atoms with Gasteiger partial charge in [-0.2, -0.15) is 0 Å². The van der Waals surface area contributed by atoms with Crippen molar-refractivity contribution in [3.63, 3.8) is 0 Å². The van der Waals surface area contributed by atoms with E-state index in [1.165, 1.54) is 18.2 Å². The molecular formula is C8H4Br2ClFO. The van der Waals surface area contributed by atoms with Crippen molar-refractivity contribution in [3.05, 3.63) is 34.1 Å². The van der Waals surface area contributed by atoms with Crippen LogP contribution in [0.3, 0.4) is 0 Å². The highest BCUT2D eigenvalue weighted by atomic mass is 79.9. The summed E-state index contributed by atoms with van der Waals surface area (Å²) in [6, 6.07) is 4.13. The summed E-state index contributed by atoms with van der Waals surface area (Å²) in [5.74, 6) is -1.06. The number of Topliss-reactive ketones (excluding diaryl/α,β-unsaturated/α-hetero) is 1. The SMILES string of the molecule is O=C(c1cc(Br)ccc1F)C(Cl)Br. The van der Waals surface area contributed by atoms with Crippen LogP contribution in [-0.4, -0.2) is 10.1 Å². The van der Waals surface area contributed by atoms with Gasteiger partial charge < -0.3 is 0 Å². The lowest BCUT2D eigenvalue weighted by Crippen LogP contribution is -2.09. The lowest BCUT2D eigenvalue weighted by Gasteiger charge is -2.03. The molecule has 0 heterocycles. The van der Waals surface area contributed by atoms with Gasteiger partial charge in [0, 0.05) is 4.47 Å². The van der Waals surface area contributed by atoms with Gasteiger partial charge in [-0.3, -0.25) is 4.79 Å². The molecule has 5 heteroatoms. The van der Waals surface area contributed by atoms with Gasteiger partial charge in [0.05, 0.1) is 5.56 Å². The molecule has 0 fully saturated rings. The third-order valence-electron chi connectivity index (χ3n) is 1.39. The molecule has 0 radical (unpaired) electrons. The molecule has 0 aromatic heterocycles. The molecule has 70 valence electrons. The smallest absolute Gasteiger partial charge is 0.194 e. The molecule has 0 amide bonds. The minimum absolute atomic E-state index is 0.0220. The van der Waals surface area contributed by atoms with Gasteiger partial charge in [-0.1, -0.05) is 31.9 Å². The number of carbonyl (C=O) groups excluding carboxylic acids is 1. The second-order valence-electron chi connectivity index (χ2n) is 2.29. The first-order valence-electron chi connectivity index (χ1n) is 3.30. The van der Waals surface area contributed by atoms with E-state index in [-0.39, 0.29) is 5.56 Å². The second-order valence-corrected chi connectivity index (χ2v) is 5.08. The summed E-state index contributed by atoms with van der Waals surface area (Å²) in [4.78, 5) is 11.3. The zero-order valence-corrected chi connectivity index (χ0v) is 10.2. The maximum Gasteiger partial charge on any atom is 0.194 e. The highest BCUT2D eigenvalue weighted by Gasteiger charge is 2.17. The van der Waals surface area contributed by atoms with Gasteiger partial charge in [-0.05, 0) is 18.2 Å². The quantitative estimate of drug-likeness (QED) is 0.596. The summed E-state index contributed by atoms with van der Waals surface area (Å²) in [6.45, 7) is 0. The third-order valence-corrected chi connectivity index (χ3v) is 2.50. The van der Waals surface area contributed by atoms with E-state index in [2.05, 4.69) is 31.9 Å². The van der Waals surface area contributed by atoms with Crippen molar-refractivity contribution in [1.82, 2.24) is 0 Å². The van der Waals surface area contributed by atoms with E-state index in [4.69, 9.17) is 11.6 Å². The lowest BCUT2D eigenvalue weighted by molar-refractivity contribution is 0.101. The normalized spacial score (nSPS) is 12.6. The Labute approximate surface area is 96.5 Å².